The van der Waals surface area contributed by atoms with Gasteiger partial charge in [0, 0.05) is 6.42 Å². The average molecular weight is 511 g/mol. The number of aliphatic hydroxyl groups excluding tert-OH is 1. The van der Waals surface area contributed by atoms with Crippen molar-refractivity contribution in [2.45, 2.75) is 30.7 Å². The molecule has 3 heterocycles. The van der Waals surface area contributed by atoms with Gasteiger partial charge in [-0.3, -0.25) is 4.57 Å². The molecule has 32 heavy (non-hydrogen) atoms. The number of nitrogen functional groups attached to an aromatic ring is 1. The van der Waals surface area contributed by atoms with E-state index in [1.807, 2.05) is 0 Å². The molecule has 0 aromatic carbocycles. The molecule has 0 saturated carbocycles. The molecular formula is C10H27N9O11P2. The van der Waals surface area contributed by atoms with Crippen molar-refractivity contribution in [2.24, 2.45) is 11.5 Å². The second-order valence-corrected chi connectivity index (χ2v) is 7.86. The summed E-state index contributed by atoms with van der Waals surface area (Å²) in [5.41, 5.74) is 15.9. The third-order valence-corrected chi connectivity index (χ3v) is 3.31. The number of rotatable bonds is 2. The van der Waals surface area contributed by atoms with Crippen LogP contribution in [0.1, 0.15) is 12.6 Å². The monoisotopic (exact) mass is 511 g/mol. The number of anilines is 1. The van der Waals surface area contributed by atoms with Crippen molar-refractivity contribution >= 4 is 32.6 Å². The summed E-state index contributed by atoms with van der Waals surface area (Å²) in [7, 11) is -9.28. The number of imidazole rings is 1. The van der Waals surface area contributed by atoms with Crippen molar-refractivity contribution in [2.75, 3.05) is 5.73 Å². The van der Waals surface area contributed by atoms with Gasteiger partial charge in [-0.05, 0) is 0 Å². The van der Waals surface area contributed by atoms with Crippen LogP contribution in [0.15, 0.2) is 12.7 Å². The SMILES string of the molecule is N.N.Nc1ncnc2c1ncn2[C@H]1C[C@](N)(O)[C@@H](C(N)O)O1.O=P(O)(O)O.O=P(O)(O)O. The standard InChI is InChI=1S/C10H15N7O3.2H3N.2H3O4P/c11-7-5-9(15-2-14-7)17(3-16-5)4-1-10(13,19)6(20-4)8(12)18;;;2*1-5(2,3)4/h2-4,6,8,18-19H,1,12-13H2,(H2,11,14,15);2*1H3;2*(H3,1,2,3,4)/t4-,6-,8?,10+;;;;/m1..../s1. The highest BCUT2D eigenvalue weighted by molar-refractivity contribution is 7.45. The number of aliphatic hydroxyl groups is 2. The number of hydrogen-bond donors (Lipinski definition) is 13. The lowest BCUT2D eigenvalue weighted by Gasteiger charge is -2.24. The van der Waals surface area contributed by atoms with Crippen LogP contribution in [-0.4, -0.2) is 77.1 Å². The van der Waals surface area contributed by atoms with Gasteiger partial charge in [0.05, 0.1) is 6.33 Å². The summed E-state index contributed by atoms with van der Waals surface area (Å²) >= 11 is 0. The Morgan fingerprint density at radius 2 is 1.56 bits per heavy atom. The molecule has 2 aromatic heterocycles. The third-order valence-electron chi connectivity index (χ3n) is 3.31. The zero-order chi connectivity index (χ0) is 23.5. The number of nitrogens with two attached hydrogens (primary N) is 3. The van der Waals surface area contributed by atoms with Crippen molar-refractivity contribution < 1.29 is 53.4 Å². The van der Waals surface area contributed by atoms with E-state index in [0.717, 1.165) is 0 Å². The molecule has 2 aromatic rings. The Morgan fingerprint density at radius 3 is 1.97 bits per heavy atom. The van der Waals surface area contributed by atoms with Gasteiger partial charge in [0.15, 0.2) is 11.5 Å². The number of phosphoric acid groups is 2. The first-order valence-corrected chi connectivity index (χ1v) is 10.6. The van der Waals surface area contributed by atoms with Gasteiger partial charge in [0.1, 0.15) is 36.1 Å². The van der Waals surface area contributed by atoms with Crippen molar-refractivity contribution in [3.63, 3.8) is 0 Å². The minimum Gasteiger partial charge on any atom is -0.382 e. The maximum atomic E-state index is 10.0. The molecule has 0 aliphatic carbocycles. The number of fused-ring (bicyclic) bond motifs is 1. The highest BCUT2D eigenvalue weighted by atomic mass is 31.2. The summed E-state index contributed by atoms with van der Waals surface area (Å²) in [4.78, 5) is 55.1. The van der Waals surface area contributed by atoms with E-state index in [1.165, 1.54) is 12.7 Å². The Hall–Kier alpha value is -1.71. The van der Waals surface area contributed by atoms with E-state index in [4.69, 9.17) is 60.4 Å². The van der Waals surface area contributed by atoms with E-state index in [2.05, 4.69) is 15.0 Å². The zero-order valence-electron chi connectivity index (χ0n) is 16.2. The maximum Gasteiger partial charge on any atom is 0.466 e. The molecule has 20 nitrogen and oxygen atoms in total. The molecule has 22 heteroatoms. The Kier molecular flexibility index (Phi) is 12.1. The molecular weight excluding hydrogens is 484 g/mol. The van der Waals surface area contributed by atoms with Crippen LogP contribution in [0.2, 0.25) is 0 Å². The van der Waals surface area contributed by atoms with Crippen molar-refractivity contribution in [3.8, 4) is 0 Å². The molecule has 1 aliphatic rings. The van der Waals surface area contributed by atoms with Crippen molar-refractivity contribution in [3.05, 3.63) is 12.7 Å². The first kappa shape index (κ1) is 32.5. The van der Waals surface area contributed by atoms with Gasteiger partial charge in [-0.15, -0.1) is 0 Å². The fraction of sp³-hybridized carbons (Fsp3) is 0.500. The van der Waals surface area contributed by atoms with Crippen LogP contribution in [0.25, 0.3) is 11.2 Å². The average Bonchev–Trinajstić information content (AvgIpc) is 3.05. The molecule has 4 atom stereocenters. The Morgan fingerprint density at radius 1 is 1.09 bits per heavy atom. The highest BCUT2D eigenvalue weighted by Gasteiger charge is 2.48. The van der Waals surface area contributed by atoms with E-state index < -0.39 is 39.9 Å². The zero-order valence-corrected chi connectivity index (χ0v) is 18.0. The van der Waals surface area contributed by atoms with Gasteiger partial charge in [-0.2, -0.15) is 0 Å². The molecule has 0 bridgehead atoms. The van der Waals surface area contributed by atoms with Crippen LogP contribution >= 0.6 is 15.6 Å². The van der Waals surface area contributed by atoms with E-state index >= 15 is 0 Å². The van der Waals surface area contributed by atoms with Crippen LogP contribution in [0, 0.1) is 0 Å². The van der Waals surface area contributed by atoms with Gasteiger partial charge in [0.25, 0.3) is 0 Å². The summed E-state index contributed by atoms with van der Waals surface area (Å²) in [6, 6.07) is 0. The van der Waals surface area contributed by atoms with Gasteiger partial charge in [-0.25, -0.2) is 24.1 Å². The summed E-state index contributed by atoms with van der Waals surface area (Å²) in [5.74, 6) is 0.241. The normalized spacial score (nSPS) is 23.6. The fourth-order valence-electron chi connectivity index (χ4n) is 2.35. The van der Waals surface area contributed by atoms with Crippen molar-refractivity contribution in [1.82, 2.24) is 31.8 Å². The molecule has 0 radical (unpaired) electrons. The van der Waals surface area contributed by atoms with E-state index in [-0.39, 0.29) is 24.5 Å². The highest BCUT2D eigenvalue weighted by Crippen LogP contribution is 2.35. The molecule has 1 fully saturated rings. The minimum atomic E-state index is -4.64. The molecule has 20 N–H and O–H groups in total. The molecule has 188 valence electrons. The first-order valence-electron chi connectivity index (χ1n) is 7.50. The van der Waals surface area contributed by atoms with Gasteiger partial charge in [-0.1, -0.05) is 0 Å². The Bertz CT molecular complexity index is 909. The maximum absolute atomic E-state index is 10.0. The number of nitrogens with zero attached hydrogens (tertiary/aromatic N) is 4. The Labute approximate surface area is 179 Å². The molecule has 1 saturated heterocycles. The van der Waals surface area contributed by atoms with Crippen LogP contribution in [0.5, 0.6) is 0 Å². The summed E-state index contributed by atoms with van der Waals surface area (Å²) in [6.45, 7) is 0. The molecule has 3 rings (SSSR count). The van der Waals surface area contributed by atoms with Crippen LogP contribution in [0.4, 0.5) is 5.82 Å². The predicted octanol–water partition coefficient (Wildman–Crippen LogP) is -3.91. The number of ether oxygens (including phenoxy) is 1. The summed E-state index contributed by atoms with van der Waals surface area (Å²) < 4.78 is 24.8. The Balaban J connectivity index is 0. The van der Waals surface area contributed by atoms with E-state index in [1.54, 1.807) is 4.57 Å². The molecule has 1 unspecified atom stereocenters. The first-order chi connectivity index (χ1) is 13.4. The third kappa shape index (κ3) is 10.7. The number of aromatic nitrogens is 4. The van der Waals surface area contributed by atoms with Crippen LogP contribution in [-0.2, 0) is 13.9 Å². The molecule has 0 spiro atoms. The lowest BCUT2D eigenvalue weighted by Crippen LogP contribution is -2.55. The smallest absolute Gasteiger partial charge is 0.382 e. The van der Waals surface area contributed by atoms with E-state index in [9.17, 15) is 10.2 Å². The van der Waals surface area contributed by atoms with Crippen LogP contribution in [0.3, 0.4) is 0 Å². The van der Waals surface area contributed by atoms with Gasteiger partial charge >= 0.3 is 15.6 Å². The molecule has 1 aliphatic heterocycles. The second kappa shape index (κ2) is 12.0. The van der Waals surface area contributed by atoms with Crippen molar-refractivity contribution in [1.29, 1.82) is 0 Å². The molecule has 0 amide bonds. The van der Waals surface area contributed by atoms with Gasteiger partial charge in [0.2, 0.25) is 0 Å². The van der Waals surface area contributed by atoms with Crippen LogP contribution < -0.4 is 29.5 Å². The lowest BCUT2D eigenvalue weighted by molar-refractivity contribution is -0.111. The predicted molar refractivity (Wildman–Crippen MR) is 106 cm³/mol. The minimum absolute atomic E-state index is 0. The van der Waals surface area contributed by atoms with E-state index in [0.29, 0.717) is 11.2 Å². The summed E-state index contributed by atoms with van der Waals surface area (Å²) in [5, 5.41) is 19.4. The number of hydrogen-bond acceptors (Lipinski definition) is 13. The topological polar surface area (TPSA) is 397 Å². The quantitative estimate of drug-likeness (QED) is 0.135. The summed E-state index contributed by atoms with van der Waals surface area (Å²) in [6.07, 6.45) is -0.376. The fourth-order valence-corrected chi connectivity index (χ4v) is 2.35. The largest absolute Gasteiger partial charge is 0.466 e. The van der Waals surface area contributed by atoms with Gasteiger partial charge < -0.3 is 73.8 Å². The lowest BCUT2D eigenvalue weighted by atomic mass is 10.1. The second-order valence-electron chi connectivity index (χ2n) is 5.81.